The van der Waals surface area contributed by atoms with E-state index in [1.807, 2.05) is 25.1 Å². The number of ether oxygens (including phenoxy) is 1. The lowest BCUT2D eigenvalue weighted by Gasteiger charge is -2.39. The molecule has 0 radical (unpaired) electrons. The van der Waals surface area contributed by atoms with Crippen LogP contribution in [0, 0.1) is 12.8 Å². The fourth-order valence-electron chi connectivity index (χ4n) is 3.12. The van der Waals surface area contributed by atoms with Gasteiger partial charge in [-0.15, -0.1) is 0 Å². The molecular weight excluding hydrogens is 240 g/mol. The minimum Gasteiger partial charge on any atom is -0.378 e. The highest BCUT2D eigenvalue weighted by Crippen LogP contribution is 2.25. The Morgan fingerprint density at radius 2 is 2.11 bits per heavy atom. The van der Waals surface area contributed by atoms with Crippen molar-refractivity contribution in [2.45, 2.75) is 38.3 Å². The number of carbonyl (C=O) groups excluding carboxylic acids is 1. The summed E-state index contributed by atoms with van der Waals surface area (Å²) >= 11 is 0. The lowest BCUT2D eigenvalue weighted by Crippen LogP contribution is -2.55. The molecule has 2 aliphatic rings. The van der Waals surface area contributed by atoms with E-state index in [2.05, 4.69) is 10.3 Å². The molecule has 19 heavy (non-hydrogen) atoms. The van der Waals surface area contributed by atoms with E-state index in [-0.39, 0.29) is 5.92 Å². The van der Waals surface area contributed by atoms with Crippen molar-refractivity contribution in [3.8, 4) is 0 Å². The minimum atomic E-state index is 0.169. The molecule has 3 rings (SSSR count). The van der Waals surface area contributed by atoms with Crippen LogP contribution in [-0.2, 0) is 16.0 Å². The Morgan fingerprint density at radius 1 is 1.37 bits per heavy atom. The molecule has 2 bridgehead atoms. The first kappa shape index (κ1) is 12.8. The third-order valence-electron chi connectivity index (χ3n) is 4.00. The molecule has 0 aromatic carbocycles. The Kier molecular flexibility index (Phi) is 3.62. The van der Waals surface area contributed by atoms with Crippen LogP contribution in [-0.4, -0.2) is 36.1 Å². The van der Waals surface area contributed by atoms with Crippen molar-refractivity contribution in [3.63, 3.8) is 0 Å². The van der Waals surface area contributed by atoms with Crippen LogP contribution < -0.4 is 5.32 Å². The number of hydrogen-bond donors (Lipinski definition) is 1. The number of nitrogens with zero attached hydrogens (tertiary/aromatic N) is 1. The largest absolute Gasteiger partial charge is 0.378 e. The highest BCUT2D eigenvalue weighted by Gasteiger charge is 2.34. The van der Waals surface area contributed by atoms with Gasteiger partial charge in [0.25, 0.3) is 0 Å². The molecular formula is C15H20N2O2. The van der Waals surface area contributed by atoms with Crippen molar-refractivity contribution in [2.75, 3.05) is 13.2 Å². The van der Waals surface area contributed by atoms with Crippen LogP contribution in [0.1, 0.15) is 24.2 Å². The molecule has 0 amide bonds. The Hall–Kier alpha value is -1.26. The second-order valence-electron chi connectivity index (χ2n) is 5.68. The quantitative estimate of drug-likeness (QED) is 0.889. The second kappa shape index (κ2) is 5.39. The predicted molar refractivity (Wildman–Crippen MR) is 71.9 cm³/mol. The molecule has 1 aromatic rings. The average Bonchev–Trinajstić information content (AvgIpc) is 2.38. The maximum atomic E-state index is 12.4. The Balaban J connectivity index is 1.64. The molecule has 1 N–H and O–H groups in total. The molecule has 1 aromatic heterocycles. The summed E-state index contributed by atoms with van der Waals surface area (Å²) in [4.78, 5) is 16.8. The summed E-state index contributed by atoms with van der Waals surface area (Å²) < 4.78 is 5.51. The number of rotatable bonds is 3. The first-order valence-corrected chi connectivity index (χ1v) is 7.00. The van der Waals surface area contributed by atoms with E-state index < -0.39 is 0 Å². The SMILES string of the molecule is Cc1cccc(CC(=O)C2CC3COCC(C2)N3)n1. The smallest absolute Gasteiger partial charge is 0.142 e. The maximum Gasteiger partial charge on any atom is 0.142 e. The van der Waals surface area contributed by atoms with Gasteiger partial charge in [-0.25, -0.2) is 0 Å². The number of aromatic nitrogens is 1. The van der Waals surface area contributed by atoms with Gasteiger partial charge in [0.15, 0.2) is 0 Å². The van der Waals surface area contributed by atoms with Gasteiger partial charge in [-0.1, -0.05) is 6.07 Å². The average molecular weight is 260 g/mol. The van der Waals surface area contributed by atoms with Crippen molar-refractivity contribution < 1.29 is 9.53 Å². The molecule has 0 aliphatic carbocycles. The van der Waals surface area contributed by atoms with E-state index >= 15 is 0 Å². The fraction of sp³-hybridized carbons (Fsp3) is 0.600. The first-order valence-electron chi connectivity index (χ1n) is 7.00. The number of carbonyl (C=O) groups is 1. The number of piperidine rings is 1. The lowest BCUT2D eigenvalue weighted by molar-refractivity contribution is -0.125. The number of pyridine rings is 1. The summed E-state index contributed by atoms with van der Waals surface area (Å²) in [5.74, 6) is 0.499. The zero-order chi connectivity index (χ0) is 13.2. The topological polar surface area (TPSA) is 51.2 Å². The lowest BCUT2D eigenvalue weighted by atomic mass is 9.83. The van der Waals surface area contributed by atoms with Crippen molar-refractivity contribution in [1.29, 1.82) is 0 Å². The monoisotopic (exact) mass is 260 g/mol. The van der Waals surface area contributed by atoms with Gasteiger partial charge in [0.2, 0.25) is 0 Å². The zero-order valence-corrected chi connectivity index (χ0v) is 11.3. The van der Waals surface area contributed by atoms with E-state index in [0.717, 1.165) is 37.4 Å². The number of aryl methyl sites for hydroxylation is 1. The number of Topliss-reactive ketones (excluding diaryl/α,β-unsaturated/α-hetero) is 1. The zero-order valence-electron chi connectivity index (χ0n) is 11.3. The number of morpholine rings is 1. The molecule has 2 aliphatic heterocycles. The third-order valence-corrected chi connectivity index (χ3v) is 4.00. The molecule has 2 atom stereocenters. The number of ketones is 1. The molecule has 0 saturated carbocycles. The summed E-state index contributed by atoms with van der Waals surface area (Å²) in [6, 6.07) is 6.57. The summed E-state index contributed by atoms with van der Waals surface area (Å²) in [6.07, 6.45) is 2.27. The highest BCUT2D eigenvalue weighted by atomic mass is 16.5. The van der Waals surface area contributed by atoms with Gasteiger partial charge in [-0.2, -0.15) is 0 Å². The molecule has 4 heteroatoms. The summed E-state index contributed by atoms with van der Waals surface area (Å²) in [5.41, 5.74) is 1.87. The van der Waals surface area contributed by atoms with Crippen molar-refractivity contribution in [2.24, 2.45) is 5.92 Å². The van der Waals surface area contributed by atoms with Gasteiger partial charge in [0.05, 0.1) is 13.2 Å². The molecule has 0 spiro atoms. The standard InChI is InChI=1S/C15H20N2O2/c1-10-3-2-4-12(16-10)7-15(18)11-5-13-8-19-9-14(6-11)17-13/h2-4,11,13-14,17H,5-9H2,1H3. The normalized spacial score (nSPS) is 30.1. The van der Waals surface area contributed by atoms with Crippen LogP contribution in [0.4, 0.5) is 0 Å². The van der Waals surface area contributed by atoms with Crippen LogP contribution in [0.15, 0.2) is 18.2 Å². The Bertz CT molecular complexity index is 463. The minimum absolute atomic E-state index is 0.169. The van der Waals surface area contributed by atoms with Gasteiger partial charge in [-0.05, 0) is 31.9 Å². The molecule has 2 unspecified atom stereocenters. The number of hydrogen-bond acceptors (Lipinski definition) is 4. The fourth-order valence-corrected chi connectivity index (χ4v) is 3.12. The molecule has 2 fully saturated rings. The summed E-state index contributed by atoms with van der Waals surface area (Å²) in [5, 5.41) is 3.52. The molecule has 2 saturated heterocycles. The van der Waals surface area contributed by atoms with E-state index in [1.54, 1.807) is 0 Å². The van der Waals surface area contributed by atoms with Crippen molar-refractivity contribution >= 4 is 5.78 Å². The third kappa shape index (κ3) is 3.01. The van der Waals surface area contributed by atoms with Gasteiger partial charge in [0, 0.05) is 35.8 Å². The summed E-state index contributed by atoms with van der Waals surface area (Å²) in [7, 11) is 0. The maximum absolute atomic E-state index is 12.4. The predicted octanol–water partition coefficient (Wildman–Crippen LogP) is 1.27. The van der Waals surface area contributed by atoms with Gasteiger partial charge in [-0.3, -0.25) is 9.78 Å². The highest BCUT2D eigenvalue weighted by molar-refractivity contribution is 5.83. The molecule has 4 nitrogen and oxygen atoms in total. The van der Waals surface area contributed by atoms with Crippen LogP contribution in [0.5, 0.6) is 0 Å². The number of nitrogens with one attached hydrogen (secondary N) is 1. The Labute approximate surface area is 113 Å². The van der Waals surface area contributed by atoms with Crippen molar-refractivity contribution in [1.82, 2.24) is 10.3 Å². The van der Waals surface area contributed by atoms with E-state index in [0.29, 0.717) is 24.3 Å². The van der Waals surface area contributed by atoms with Crippen LogP contribution in [0.3, 0.4) is 0 Å². The van der Waals surface area contributed by atoms with Crippen LogP contribution >= 0.6 is 0 Å². The van der Waals surface area contributed by atoms with E-state index in [1.165, 1.54) is 0 Å². The van der Waals surface area contributed by atoms with Gasteiger partial charge in [0.1, 0.15) is 5.78 Å². The summed E-state index contributed by atoms with van der Waals surface area (Å²) in [6.45, 7) is 3.44. The molecule has 3 heterocycles. The van der Waals surface area contributed by atoms with Crippen molar-refractivity contribution in [3.05, 3.63) is 29.6 Å². The first-order chi connectivity index (χ1) is 9.20. The van der Waals surface area contributed by atoms with E-state index in [9.17, 15) is 4.79 Å². The number of fused-ring (bicyclic) bond motifs is 2. The molecule has 102 valence electrons. The second-order valence-corrected chi connectivity index (χ2v) is 5.68. The van der Waals surface area contributed by atoms with Crippen LogP contribution in [0.2, 0.25) is 0 Å². The van der Waals surface area contributed by atoms with Crippen LogP contribution in [0.25, 0.3) is 0 Å². The van der Waals surface area contributed by atoms with Gasteiger partial charge < -0.3 is 10.1 Å². The van der Waals surface area contributed by atoms with Gasteiger partial charge >= 0.3 is 0 Å². The van der Waals surface area contributed by atoms with E-state index in [4.69, 9.17) is 4.74 Å². The Morgan fingerprint density at radius 3 is 2.79 bits per heavy atom.